The lowest BCUT2D eigenvalue weighted by Crippen LogP contribution is -2.33. The van der Waals surface area contributed by atoms with Crippen molar-refractivity contribution in [2.45, 2.75) is 24.5 Å². The lowest BCUT2D eigenvalue weighted by atomic mass is 10.1. The van der Waals surface area contributed by atoms with Gasteiger partial charge in [0.05, 0.1) is 6.61 Å². The summed E-state index contributed by atoms with van der Waals surface area (Å²) in [6, 6.07) is 1.78. The van der Waals surface area contributed by atoms with Gasteiger partial charge in [-0.05, 0) is 0 Å². The molecule has 1 aliphatic rings. The fourth-order valence-electron chi connectivity index (χ4n) is 1.77. The molecule has 0 amide bonds. The van der Waals surface area contributed by atoms with Crippen LogP contribution in [0.4, 0.5) is 5.82 Å². The van der Waals surface area contributed by atoms with Crippen molar-refractivity contribution in [3.05, 3.63) is 12.0 Å². The van der Waals surface area contributed by atoms with Gasteiger partial charge in [-0.3, -0.25) is 4.57 Å². The number of ether oxygens (including phenoxy) is 1. The van der Waals surface area contributed by atoms with Gasteiger partial charge in [0, 0.05) is 0 Å². The van der Waals surface area contributed by atoms with Crippen LogP contribution in [0.1, 0.15) is 11.9 Å². The average Bonchev–Trinajstić information content (AvgIpc) is 2.82. The molecule has 0 radical (unpaired) electrons. The second kappa shape index (κ2) is 4.31. The fraction of sp³-hybridized carbons (Fsp3) is 0.556. The maximum Gasteiger partial charge on any atom is 0.182 e. The Bertz CT molecular complexity index is 454. The van der Waals surface area contributed by atoms with Gasteiger partial charge in [0.15, 0.2) is 11.9 Å². The van der Waals surface area contributed by atoms with Crippen LogP contribution in [-0.2, 0) is 4.74 Å². The Kier molecular flexibility index (Phi) is 2.99. The molecule has 92 valence electrons. The SMILES string of the molecule is N#Cc1ncn([C@@H]2O[C@H](CO)C(O)C2O)c1N. The predicted octanol–water partition coefficient (Wildman–Crippen LogP) is -2.05. The van der Waals surface area contributed by atoms with E-state index in [9.17, 15) is 10.2 Å². The normalized spacial score (nSPS) is 32.6. The fourth-order valence-corrected chi connectivity index (χ4v) is 1.77. The second-order valence-corrected chi connectivity index (χ2v) is 3.73. The average molecular weight is 240 g/mol. The van der Waals surface area contributed by atoms with Gasteiger partial charge >= 0.3 is 0 Å². The number of nitriles is 1. The van der Waals surface area contributed by atoms with Gasteiger partial charge < -0.3 is 25.8 Å². The molecule has 1 saturated heterocycles. The summed E-state index contributed by atoms with van der Waals surface area (Å²) in [6.45, 7) is -0.422. The van der Waals surface area contributed by atoms with Crippen LogP contribution < -0.4 is 5.73 Å². The maximum atomic E-state index is 9.75. The maximum absolute atomic E-state index is 9.75. The van der Waals surface area contributed by atoms with Crippen molar-refractivity contribution in [1.29, 1.82) is 5.26 Å². The number of nitrogens with zero attached hydrogens (tertiary/aromatic N) is 3. The molecule has 8 nitrogen and oxygen atoms in total. The monoisotopic (exact) mass is 240 g/mol. The minimum atomic E-state index is -1.24. The molecular weight excluding hydrogens is 228 g/mol. The first-order valence-corrected chi connectivity index (χ1v) is 4.95. The van der Waals surface area contributed by atoms with E-state index in [-0.39, 0.29) is 11.5 Å². The van der Waals surface area contributed by atoms with Gasteiger partial charge in [0.2, 0.25) is 0 Å². The van der Waals surface area contributed by atoms with E-state index in [1.165, 1.54) is 10.9 Å². The number of hydrogen-bond acceptors (Lipinski definition) is 7. The number of nitrogens with two attached hydrogens (primary N) is 1. The minimum Gasteiger partial charge on any atom is -0.394 e. The molecule has 1 aromatic rings. The van der Waals surface area contributed by atoms with Gasteiger partial charge in [0.1, 0.15) is 36.5 Å². The Morgan fingerprint density at radius 3 is 2.71 bits per heavy atom. The highest BCUT2D eigenvalue weighted by Gasteiger charge is 2.44. The zero-order valence-corrected chi connectivity index (χ0v) is 8.76. The minimum absolute atomic E-state index is 0.0164. The Morgan fingerprint density at radius 2 is 2.24 bits per heavy atom. The van der Waals surface area contributed by atoms with Gasteiger partial charge in [0.25, 0.3) is 0 Å². The van der Waals surface area contributed by atoms with E-state index < -0.39 is 31.1 Å². The summed E-state index contributed by atoms with van der Waals surface area (Å²) in [6.07, 6.45) is -3.06. The number of aliphatic hydroxyl groups is 3. The van der Waals surface area contributed by atoms with E-state index in [4.69, 9.17) is 20.8 Å². The smallest absolute Gasteiger partial charge is 0.182 e. The number of hydrogen-bond donors (Lipinski definition) is 4. The van der Waals surface area contributed by atoms with Gasteiger partial charge in [-0.2, -0.15) is 5.26 Å². The van der Waals surface area contributed by atoms with Crippen LogP contribution in [0.15, 0.2) is 6.33 Å². The van der Waals surface area contributed by atoms with E-state index in [0.717, 1.165) is 0 Å². The number of anilines is 1. The van der Waals surface area contributed by atoms with Crippen LogP contribution in [-0.4, -0.2) is 49.8 Å². The molecular formula is C9H12N4O4. The Labute approximate surface area is 96.5 Å². The molecule has 4 atom stereocenters. The standard InChI is InChI=1S/C9H12N4O4/c10-1-4-8(11)13(3-12-4)9-7(16)6(15)5(2-14)17-9/h3,5-7,9,14-16H,2,11H2/t5-,6?,7?,9-/m1/s1. The highest BCUT2D eigenvalue weighted by Crippen LogP contribution is 2.31. The Morgan fingerprint density at radius 1 is 1.53 bits per heavy atom. The van der Waals surface area contributed by atoms with Crippen LogP contribution in [0.25, 0.3) is 0 Å². The lowest BCUT2D eigenvalue weighted by molar-refractivity contribution is -0.0518. The number of aromatic nitrogens is 2. The first-order chi connectivity index (χ1) is 8.10. The van der Waals surface area contributed by atoms with Crippen molar-refractivity contribution < 1.29 is 20.1 Å². The summed E-state index contributed by atoms with van der Waals surface area (Å²) < 4.78 is 6.50. The van der Waals surface area contributed by atoms with Crippen molar-refractivity contribution in [1.82, 2.24) is 9.55 Å². The summed E-state index contributed by atoms with van der Waals surface area (Å²) in [5.74, 6) is 0.0438. The van der Waals surface area contributed by atoms with Gasteiger partial charge in [-0.25, -0.2) is 4.98 Å². The van der Waals surface area contributed by atoms with Crippen LogP contribution in [0.2, 0.25) is 0 Å². The summed E-state index contributed by atoms with van der Waals surface area (Å²) >= 11 is 0. The third-order valence-corrected chi connectivity index (χ3v) is 2.73. The quantitative estimate of drug-likeness (QED) is 0.466. The van der Waals surface area contributed by atoms with Crippen molar-refractivity contribution in [3.63, 3.8) is 0 Å². The Balaban J connectivity index is 2.29. The number of nitrogen functional groups attached to an aromatic ring is 1. The first-order valence-electron chi connectivity index (χ1n) is 4.95. The largest absolute Gasteiger partial charge is 0.394 e. The third-order valence-electron chi connectivity index (χ3n) is 2.73. The number of aliphatic hydroxyl groups excluding tert-OH is 3. The molecule has 1 fully saturated rings. The van der Waals surface area contributed by atoms with E-state index in [1.54, 1.807) is 6.07 Å². The number of rotatable bonds is 2. The van der Waals surface area contributed by atoms with E-state index in [2.05, 4.69) is 4.98 Å². The molecule has 2 unspecified atom stereocenters. The molecule has 0 spiro atoms. The number of imidazole rings is 1. The first kappa shape index (κ1) is 11.8. The third kappa shape index (κ3) is 1.75. The van der Waals surface area contributed by atoms with Crippen molar-refractivity contribution in [2.24, 2.45) is 0 Å². The molecule has 17 heavy (non-hydrogen) atoms. The molecule has 8 heteroatoms. The molecule has 0 aliphatic carbocycles. The summed E-state index contributed by atoms with van der Waals surface area (Å²) in [4.78, 5) is 3.73. The molecule has 1 aliphatic heterocycles. The summed E-state index contributed by atoms with van der Waals surface area (Å²) in [7, 11) is 0. The van der Waals surface area contributed by atoms with Crippen LogP contribution in [0, 0.1) is 11.3 Å². The van der Waals surface area contributed by atoms with Gasteiger partial charge in [-0.1, -0.05) is 0 Å². The highest BCUT2D eigenvalue weighted by atomic mass is 16.6. The van der Waals surface area contributed by atoms with Crippen molar-refractivity contribution in [2.75, 3.05) is 12.3 Å². The Hall–Kier alpha value is -1.66. The summed E-state index contributed by atoms with van der Waals surface area (Å²) in [5.41, 5.74) is 5.65. The molecule has 0 saturated carbocycles. The van der Waals surface area contributed by atoms with Crippen molar-refractivity contribution >= 4 is 5.82 Å². The molecule has 5 N–H and O–H groups in total. The molecule has 2 heterocycles. The second-order valence-electron chi connectivity index (χ2n) is 3.73. The molecule has 1 aromatic heterocycles. The van der Waals surface area contributed by atoms with Crippen molar-refractivity contribution in [3.8, 4) is 6.07 Å². The highest BCUT2D eigenvalue weighted by molar-refractivity contribution is 5.44. The zero-order chi connectivity index (χ0) is 12.6. The van der Waals surface area contributed by atoms with Crippen LogP contribution >= 0.6 is 0 Å². The zero-order valence-electron chi connectivity index (χ0n) is 8.76. The van der Waals surface area contributed by atoms with Gasteiger partial charge in [-0.15, -0.1) is 0 Å². The predicted molar refractivity (Wildman–Crippen MR) is 54.4 cm³/mol. The molecule has 2 rings (SSSR count). The van der Waals surface area contributed by atoms with Crippen LogP contribution in [0.5, 0.6) is 0 Å². The molecule has 0 bridgehead atoms. The van der Waals surface area contributed by atoms with E-state index in [0.29, 0.717) is 0 Å². The topological polar surface area (TPSA) is 138 Å². The van der Waals surface area contributed by atoms with Crippen LogP contribution in [0.3, 0.4) is 0 Å². The molecule has 0 aromatic carbocycles. The van der Waals surface area contributed by atoms with E-state index in [1.807, 2.05) is 0 Å². The lowest BCUT2D eigenvalue weighted by Gasteiger charge is -2.17. The van der Waals surface area contributed by atoms with E-state index >= 15 is 0 Å². The summed E-state index contributed by atoms with van der Waals surface area (Å²) in [5, 5.41) is 36.9.